The van der Waals surface area contributed by atoms with Gasteiger partial charge in [-0.25, -0.2) is 0 Å². The fourth-order valence-corrected chi connectivity index (χ4v) is 2.54. The molecule has 5 nitrogen and oxygen atoms in total. The van der Waals surface area contributed by atoms with E-state index in [-0.39, 0.29) is 12.0 Å². The second kappa shape index (κ2) is 7.22. The van der Waals surface area contributed by atoms with Gasteiger partial charge in [0, 0.05) is 13.1 Å². The molecule has 5 heteroatoms. The molecule has 0 aromatic heterocycles. The zero-order valence-corrected chi connectivity index (χ0v) is 12.7. The Kier molecular flexibility index (Phi) is 6.23. The summed E-state index contributed by atoms with van der Waals surface area (Å²) < 4.78 is 5.55. The van der Waals surface area contributed by atoms with E-state index in [1.54, 1.807) is 0 Å². The van der Waals surface area contributed by atoms with E-state index in [2.05, 4.69) is 10.2 Å². The molecule has 0 aromatic rings. The molecule has 1 fully saturated rings. The molecule has 1 rings (SSSR count). The predicted octanol–water partition coefficient (Wildman–Crippen LogP) is 0.587. The van der Waals surface area contributed by atoms with Crippen LogP contribution in [0.25, 0.3) is 0 Å². The lowest BCUT2D eigenvalue weighted by molar-refractivity contribution is -0.126. The van der Waals surface area contributed by atoms with Crippen LogP contribution in [0.15, 0.2) is 0 Å². The highest BCUT2D eigenvalue weighted by Crippen LogP contribution is 2.40. The summed E-state index contributed by atoms with van der Waals surface area (Å²) in [5.41, 5.74) is 5.10. The van der Waals surface area contributed by atoms with Crippen LogP contribution in [0.3, 0.4) is 0 Å². The molecule has 1 aliphatic rings. The van der Waals surface area contributed by atoms with Crippen LogP contribution in [0.4, 0.5) is 0 Å². The highest BCUT2D eigenvalue weighted by Gasteiger charge is 2.49. The molecule has 1 atom stereocenters. The van der Waals surface area contributed by atoms with Gasteiger partial charge in [0.25, 0.3) is 0 Å². The number of hydrogen-bond donors (Lipinski definition) is 2. The Labute approximate surface area is 116 Å². The third-order valence-corrected chi connectivity index (χ3v) is 3.65. The average Bonchev–Trinajstić information content (AvgIpc) is 3.11. The summed E-state index contributed by atoms with van der Waals surface area (Å²) in [5, 5.41) is 3.33. The molecule has 3 N–H and O–H groups in total. The molecule has 0 bridgehead atoms. The largest absolute Gasteiger partial charge is 0.377 e. The number of nitrogens with zero attached hydrogens (tertiary/aromatic N) is 1. The van der Waals surface area contributed by atoms with E-state index in [0.717, 1.165) is 25.9 Å². The standard InChI is InChI=1S/C14H29N3O2/c1-5-16-14(13(15)18,12-6-7-12)10-17(4)8-9-19-11(2)3/h11-12,16H,5-10H2,1-4H3,(H2,15,18). The summed E-state index contributed by atoms with van der Waals surface area (Å²) in [5.74, 6) is 0.159. The maximum absolute atomic E-state index is 11.9. The van der Waals surface area contributed by atoms with Crippen molar-refractivity contribution in [1.29, 1.82) is 0 Å². The first-order valence-electron chi connectivity index (χ1n) is 7.27. The number of hydrogen-bond acceptors (Lipinski definition) is 4. The first-order chi connectivity index (χ1) is 8.92. The van der Waals surface area contributed by atoms with Gasteiger partial charge in [-0.1, -0.05) is 6.92 Å². The van der Waals surface area contributed by atoms with Crippen LogP contribution in [0.2, 0.25) is 0 Å². The Balaban J connectivity index is 2.54. The third-order valence-electron chi connectivity index (χ3n) is 3.65. The van der Waals surface area contributed by atoms with Crippen LogP contribution in [0.5, 0.6) is 0 Å². The van der Waals surface area contributed by atoms with Gasteiger partial charge in [0.1, 0.15) is 5.54 Å². The van der Waals surface area contributed by atoms with Crippen molar-refractivity contribution in [2.45, 2.75) is 45.3 Å². The van der Waals surface area contributed by atoms with Crippen molar-refractivity contribution in [2.75, 3.05) is 33.3 Å². The molecular formula is C14H29N3O2. The lowest BCUT2D eigenvalue weighted by Crippen LogP contribution is -2.63. The summed E-state index contributed by atoms with van der Waals surface area (Å²) in [6.45, 7) is 8.97. The van der Waals surface area contributed by atoms with Gasteiger partial charge in [-0.2, -0.15) is 0 Å². The molecular weight excluding hydrogens is 242 g/mol. The van der Waals surface area contributed by atoms with Crippen molar-refractivity contribution in [3.05, 3.63) is 0 Å². The normalized spacial score (nSPS) is 18.8. The highest BCUT2D eigenvalue weighted by molar-refractivity contribution is 5.86. The van der Waals surface area contributed by atoms with Gasteiger partial charge in [-0.05, 0) is 46.2 Å². The molecule has 0 saturated heterocycles. The van der Waals surface area contributed by atoms with Crippen molar-refractivity contribution in [2.24, 2.45) is 11.7 Å². The van der Waals surface area contributed by atoms with Gasteiger partial charge < -0.3 is 20.7 Å². The SMILES string of the molecule is CCNC(CN(C)CCOC(C)C)(C(N)=O)C1CC1. The molecule has 0 aliphatic heterocycles. The van der Waals surface area contributed by atoms with Crippen LogP contribution in [0.1, 0.15) is 33.6 Å². The van der Waals surface area contributed by atoms with Crippen molar-refractivity contribution < 1.29 is 9.53 Å². The minimum absolute atomic E-state index is 0.228. The number of nitrogens with one attached hydrogen (secondary N) is 1. The van der Waals surface area contributed by atoms with E-state index in [4.69, 9.17) is 10.5 Å². The van der Waals surface area contributed by atoms with Crippen molar-refractivity contribution >= 4 is 5.91 Å². The first kappa shape index (κ1) is 16.4. The van der Waals surface area contributed by atoms with Crippen LogP contribution < -0.4 is 11.1 Å². The second-order valence-electron chi connectivity index (χ2n) is 5.80. The topological polar surface area (TPSA) is 67.6 Å². The van der Waals surface area contributed by atoms with Crippen molar-refractivity contribution in [3.63, 3.8) is 0 Å². The van der Waals surface area contributed by atoms with E-state index in [1.807, 2.05) is 27.8 Å². The number of primary amides is 1. The molecule has 0 spiro atoms. The Bertz CT molecular complexity index is 292. The number of carbonyl (C=O) groups excluding carboxylic acids is 1. The van der Waals surface area contributed by atoms with Crippen LogP contribution in [-0.2, 0) is 9.53 Å². The molecule has 0 aromatic carbocycles. The van der Waals surface area contributed by atoms with E-state index in [1.165, 1.54) is 0 Å². The molecule has 0 heterocycles. The number of rotatable bonds is 10. The maximum atomic E-state index is 11.9. The molecule has 1 aliphatic carbocycles. The number of carbonyl (C=O) groups is 1. The average molecular weight is 271 g/mol. The molecule has 1 saturated carbocycles. The van der Waals surface area contributed by atoms with Crippen molar-refractivity contribution in [3.8, 4) is 0 Å². The summed E-state index contributed by atoms with van der Waals surface area (Å²) >= 11 is 0. The van der Waals surface area contributed by atoms with Gasteiger partial charge in [0.05, 0.1) is 12.7 Å². The zero-order chi connectivity index (χ0) is 14.5. The quantitative estimate of drug-likeness (QED) is 0.610. The number of ether oxygens (including phenoxy) is 1. The third kappa shape index (κ3) is 4.75. The van der Waals surface area contributed by atoms with Gasteiger partial charge in [-0.3, -0.25) is 4.79 Å². The van der Waals surface area contributed by atoms with E-state index < -0.39 is 5.54 Å². The number of likely N-dealkylation sites (N-methyl/N-ethyl adjacent to an activating group) is 2. The Morgan fingerprint density at radius 1 is 1.53 bits per heavy atom. The van der Waals surface area contributed by atoms with Gasteiger partial charge >= 0.3 is 0 Å². The lowest BCUT2D eigenvalue weighted by atomic mass is 9.91. The first-order valence-corrected chi connectivity index (χ1v) is 7.27. The van der Waals surface area contributed by atoms with E-state index >= 15 is 0 Å². The van der Waals surface area contributed by atoms with Gasteiger partial charge in [-0.15, -0.1) is 0 Å². The van der Waals surface area contributed by atoms with Crippen LogP contribution in [-0.4, -0.2) is 55.7 Å². The highest BCUT2D eigenvalue weighted by atomic mass is 16.5. The summed E-state index contributed by atoms with van der Waals surface area (Å²) in [6, 6.07) is 0. The minimum atomic E-state index is -0.568. The van der Waals surface area contributed by atoms with Gasteiger partial charge in [0.15, 0.2) is 0 Å². The van der Waals surface area contributed by atoms with E-state index in [9.17, 15) is 4.79 Å². The maximum Gasteiger partial charge on any atom is 0.239 e. The molecule has 0 radical (unpaired) electrons. The smallest absolute Gasteiger partial charge is 0.239 e. The fourth-order valence-electron chi connectivity index (χ4n) is 2.54. The van der Waals surface area contributed by atoms with Gasteiger partial charge in [0.2, 0.25) is 5.91 Å². The van der Waals surface area contributed by atoms with Crippen LogP contribution in [0, 0.1) is 5.92 Å². The number of amides is 1. The van der Waals surface area contributed by atoms with Crippen LogP contribution >= 0.6 is 0 Å². The van der Waals surface area contributed by atoms with E-state index in [0.29, 0.717) is 19.1 Å². The predicted molar refractivity (Wildman–Crippen MR) is 76.9 cm³/mol. The zero-order valence-electron chi connectivity index (χ0n) is 12.7. The molecule has 112 valence electrons. The molecule has 19 heavy (non-hydrogen) atoms. The molecule has 1 unspecified atom stereocenters. The Morgan fingerprint density at radius 3 is 2.58 bits per heavy atom. The lowest BCUT2D eigenvalue weighted by Gasteiger charge is -2.35. The number of nitrogens with two attached hydrogens (primary N) is 1. The summed E-state index contributed by atoms with van der Waals surface area (Å²) in [7, 11) is 2.01. The fraction of sp³-hybridized carbons (Fsp3) is 0.929. The Hall–Kier alpha value is -0.650. The monoisotopic (exact) mass is 271 g/mol. The molecule has 1 amide bonds. The minimum Gasteiger partial charge on any atom is -0.377 e. The van der Waals surface area contributed by atoms with Crippen molar-refractivity contribution in [1.82, 2.24) is 10.2 Å². The second-order valence-corrected chi connectivity index (χ2v) is 5.80. The summed E-state index contributed by atoms with van der Waals surface area (Å²) in [6.07, 6.45) is 2.42. The Morgan fingerprint density at radius 2 is 2.16 bits per heavy atom. The summed E-state index contributed by atoms with van der Waals surface area (Å²) in [4.78, 5) is 14.0.